The van der Waals surface area contributed by atoms with E-state index in [1.54, 1.807) is 37.6 Å². The highest BCUT2D eigenvalue weighted by Crippen LogP contribution is 2.31. The molecule has 0 saturated carbocycles. The molecule has 0 aliphatic carbocycles. The van der Waals surface area contributed by atoms with Crippen LogP contribution in [0.15, 0.2) is 45.5 Å². The van der Waals surface area contributed by atoms with Gasteiger partial charge in [0.1, 0.15) is 11.4 Å². The summed E-state index contributed by atoms with van der Waals surface area (Å²) in [5.74, 6) is 1.34. The summed E-state index contributed by atoms with van der Waals surface area (Å²) in [5, 5.41) is 3.94. The lowest BCUT2D eigenvalue weighted by molar-refractivity contribution is 0.405. The van der Waals surface area contributed by atoms with Crippen molar-refractivity contribution >= 4 is 21.6 Å². The largest absolute Gasteiger partial charge is 0.496 e. The number of hydrogen-bond acceptors (Lipinski definition) is 6. The minimum atomic E-state index is 0.353. The van der Waals surface area contributed by atoms with Crippen LogP contribution in [0.25, 0.3) is 23.0 Å². The van der Waals surface area contributed by atoms with E-state index in [4.69, 9.17) is 15.0 Å². The lowest BCUT2D eigenvalue weighted by atomic mass is 10.2. The van der Waals surface area contributed by atoms with Gasteiger partial charge in [-0.2, -0.15) is 4.98 Å². The zero-order chi connectivity index (χ0) is 14.8. The minimum Gasteiger partial charge on any atom is -0.496 e. The van der Waals surface area contributed by atoms with E-state index in [-0.39, 0.29) is 0 Å². The molecule has 0 spiro atoms. The molecule has 0 aliphatic heterocycles. The second kappa shape index (κ2) is 5.53. The molecule has 7 heteroatoms. The van der Waals surface area contributed by atoms with Crippen molar-refractivity contribution in [2.24, 2.45) is 0 Å². The van der Waals surface area contributed by atoms with Gasteiger partial charge in [-0.3, -0.25) is 4.98 Å². The number of anilines is 1. The Morgan fingerprint density at radius 1 is 1.24 bits per heavy atom. The molecule has 0 aliphatic rings. The van der Waals surface area contributed by atoms with Gasteiger partial charge in [0.2, 0.25) is 5.82 Å². The number of nitrogens with zero attached hydrogens (tertiary/aromatic N) is 3. The fraction of sp³-hybridized carbons (Fsp3) is 0.0714. The van der Waals surface area contributed by atoms with E-state index in [0.29, 0.717) is 34.4 Å². The van der Waals surface area contributed by atoms with Crippen LogP contribution in [0.5, 0.6) is 5.75 Å². The first kappa shape index (κ1) is 13.6. The number of methoxy groups -OCH3 is 1. The van der Waals surface area contributed by atoms with Gasteiger partial charge < -0.3 is 15.0 Å². The van der Waals surface area contributed by atoms with E-state index < -0.39 is 0 Å². The lowest BCUT2D eigenvalue weighted by Gasteiger charge is -2.05. The van der Waals surface area contributed by atoms with Crippen LogP contribution in [0.4, 0.5) is 5.69 Å². The van der Waals surface area contributed by atoms with Crippen LogP contribution in [-0.2, 0) is 0 Å². The summed E-state index contributed by atoms with van der Waals surface area (Å²) in [6.45, 7) is 0. The Bertz CT molecular complexity index is 771. The molecule has 0 atom stereocenters. The normalized spacial score (nSPS) is 10.6. The number of benzene rings is 1. The molecule has 106 valence electrons. The highest BCUT2D eigenvalue weighted by atomic mass is 79.9. The molecule has 0 fully saturated rings. The summed E-state index contributed by atoms with van der Waals surface area (Å²) >= 11 is 3.33. The molecule has 2 heterocycles. The molecular weight excluding hydrogens is 336 g/mol. The summed E-state index contributed by atoms with van der Waals surface area (Å²) in [5.41, 5.74) is 7.64. The molecule has 0 bridgehead atoms. The van der Waals surface area contributed by atoms with E-state index in [1.165, 1.54) is 0 Å². The van der Waals surface area contributed by atoms with Crippen molar-refractivity contribution in [2.45, 2.75) is 0 Å². The van der Waals surface area contributed by atoms with Gasteiger partial charge in [0.05, 0.1) is 12.7 Å². The first-order valence-electron chi connectivity index (χ1n) is 6.07. The van der Waals surface area contributed by atoms with Crippen LogP contribution < -0.4 is 10.5 Å². The quantitative estimate of drug-likeness (QED) is 0.733. The molecule has 2 aromatic heterocycles. The molecular formula is C14H11BrN4O2. The maximum Gasteiger partial charge on any atom is 0.262 e. The van der Waals surface area contributed by atoms with Crippen LogP contribution in [0.2, 0.25) is 0 Å². The fourth-order valence-corrected chi connectivity index (χ4v) is 2.06. The predicted octanol–water partition coefficient (Wildman–Crippen LogP) is 3.15. The lowest BCUT2D eigenvalue weighted by Crippen LogP contribution is -1.91. The third-order valence-corrected chi connectivity index (χ3v) is 3.31. The second-order valence-corrected chi connectivity index (χ2v) is 5.16. The van der Waals surface area contributed by atoms with Crippen molar-refractivity contribution in [3.8, 4) is 28.7 Å². The third-order valence-electron chi connectivity index (χ3n) is 2.84. The molecule has 3 rings (SSSR count). The number of pyridine rings is 1. The maximum atomic E-state index is 5.73. The minimum absolute atomic E-state index is 0.353. The standard InChI is InChI=1S/C14H11BrN4O2/c1-20-12-6-9(16)3-4-10(12)14-18-13(19-21-14)11-5-2-8(15)7-17-11/h2-7H,16H2,1H3. The Balaban J connectivity index is 2.00. The van der Waals surface area contributed by atoms with Crippen LogP contribution in [0, 0.1) is 0 Å². The van der Waals surface area contributed by atoms with E-state index in [9.17, 15) is 0 Å². The molecule has 1 aromatic carbocycles. The number of ether oxygens (including phenoxy) is 1. The molecule has 0 saturated heterocycles. The smallest absolute Gasteiger partial charge is 0.262 e. The topological polar surface area (TPSA) is 87.1 Å². The highest BCUT2D eigenvalue weighted by Gasteiger charge is 2.15. The maximum absolute atomic E-state index is 5.73. The van der Waals surface area contributed by atoms with E-state index in [1.807, 2.05) is 6.07 Å². The molecule has 0 unspecified atom stereocenters. The number of nitrogens with two attached hydrogens (primary N) is 1. The number of aromatic nitrogens is 3. The second-order valence-electron chi connectivity index (χ2n) is 4.24. The number of nitrogen functional groups attached to an aromatic ring is 1. The van der Waals surface area contributed by atoms with Crippen molar-refractivity contribution in [1.29, 1.82) is 0 Å². The van der Waals surface area contributed by atoms with Crippen molar-refractivity contribution in [2.75, 3.05) is 12.8 Å². The summed E-state index contributed by atoms with van der Waals surface area (Å²) in [7, 11) is 1.56. The van der Waals surface area contributed by atoms with E-state index >= 15 is 0 Å². The van der Waals surface area contributed by atoms with Gasteiger partial charge in [0.15, 0.2) is 0 Å². The fourth-order valence-electron chi connectivity index (χ4n) is 1.83. The Morgan fingerprint density at radius 3 is 2.81 bits per heavy atom. The summed E-state index contributed by atoms with van der Waals surface area (Å²) < 4.78 is 11.5. The average molecular weight is 347 g/mol. The van der Waals surface area contributed by atoms with Gasteiger partial charge in [-0.1, -0.05) is 5.16 Å². The number of halogens is 1. The van der Waals surface area contributed by atoms with Crippen LogP contribution >= 0.6 is 15.9 Å². The molecule has 2 N–H and O–H groups in total. The van der Waals surface area contributed by atoms with Crippen LogP contribution in [-0.4, -0.2) is 22.2 Å². The van der Waals surface area contributed by atoms with Gasteiger partial charge in [-0.05, 0) is 40.2 Å². The molecule has 3 aromatic rings. The van der Waals surface area contributed by atoms with Gasteiger partial charge in [0.25, 0.3) is 5.89 Å². The summed E-state index contributed by atoms with van der Waals surface area (Å²) in [4.78, 5) is 8.57. The Hall–Kier alpha value is -2.41. The third kappa shape index (κ3) is 2.73. The van der Waals surface area contributed by atoms with Gasteiger partial charge >= 0.3 is 0 Å². The van der Waals surface area contributed by atoms with Crippen molar-refractivity contribution < 1.29 is 9.26 Å². The molecule has 0 amide bonds. The van der Waals surface area contributed by atoms with Crippen molar-refractivity contribution in [3.05, 3.63) is 41.0 Å². The van der Waals surface area contributed by atoms with Crippen molar-refractivity contribution in [1.82, 2.24) is 15.1 Å². The predicted molar refractivity (Wildman–Crippen MR) is 81.6 cm³/mol. The first-order valence-corrected chi connectivity index (χ1v) is 6.86. The summed E-state index contributed by atoms with van der Waals surface area (Å²) in [6, 6.07) is 8.90. The van der Waals surface area contributed by atoms with E-state index in [0.717, 1.165) is 4.47 Å². The van der Waals surface area contributed by atoms with Crippen LogP contribution in [0.3, 0.4) is 0 Å². The monoisotopic (exact) mass is 346 g/mol. The Kier molecular flexibility index (Phi) is 3.57. The van der Waals surface area contributed by atoms with Crippen LogP contribution in [0.1, 0.15) is 0 Å². The highest BCUT2D eigenvalue weighted by molar-refractivity contribution is 9.10. The molecule has 6 nitrogen and oxygen atoms in total. The Morgan fingerprint density at radius 2 is 2.10 bits per heavy atom. The van der Waals surface area contributed by atoms with Gasteiger partial charge in [0, 0.05) is 22.4 Å². The molecule has 21 heavy (non-hydrogen) atoms. The zero-order valence-corrected chi connectivity index (χ0v) is 12.7. The van der Waals surface area contributed by atoms with Crippen molar-refractivity contribution in [3.63, 3.8) is 0 Å². The summed E-state index contributed by atoms with van der Waals surface area (Å²) in [6.07, 6.45) is 1.68. The Labute approximate surface area is 129 Å². The average Bonchev–Trinajstić information content (AvgIpc) is 2.97. The first-order chi connectivity index (χ1) is 10.2. The van der Waals surface area contributed by atoms with Gasteiger partial charge in [-0.25, -0.2) is 0 Å². The zero-order valence-electron chi connectivity index (χ0n) is 11.1. The molecule has 0 radical (unpaired) electrons. The number of hydrogen-bond donors (Lipinski definition) is 1. The van der Waals surface area contributed by atoms with E-state index in [2.05, 4.69) is 31.1 Å². The number of rotatable bonds is 3. The van der Waals surface area contributed by atoms with Gasteiger partial charge in [-0.15, -0.1) is 0 Å². The SMILES string of the molecule is COc1cc(N)ccc1-c1nc(-c2ccc(Br)cn2)no1.